The van der Waals surface area contributed by atoms with Crippen LogP contribution in [0.2, 0.25) is 0 Å². The molecule has 0 amide bonds. The summed E-state index contributed by atoms with van der Waals surface area (Å²) in [7, 11) is -2.98. The minimum absolute atomic E-state index is 0.300. The van der Waals surface area contributed by atoms with Crippen molar-refractivity contribution in [3.8, 4) is 0 Å². The minimum Gasteiger partial charge on any atom is -0.228 e. The Morgan fingerprint density at radius 1 is 1.29 bits per heavy atom. The van der Waals surface area contributed by atoms with Gasteiger partial charge in [0, 0.05) is 0 Å². The fraction of sp³-hybridized carbons (Fsp3) is 0.545. The van der Waals surface area contributed by atoms with E-state index in [9.17, 15) is 8.42 Å². The van der Waals surface area contributed by atoms with Crippen LogP contribution in [0.15, 0.2) is 24.3 Å². The van der Waals surface area contributed by atoms with Gasteiger partial charge >= 0.3 is 0 Å². The van der Waals surface area contributed by atoms with Crippen LogP contribution in [-0.4, -0.2) is 14.2 Å². The van der Waals surface area contributed by atoms with Gasteiger partial charge in [-0.25, -0.2) is 8.42 Å². The van der Waals surface area contributed by atoms with Crippen LogP contribution in [-0.2, 0) is 9.84 Å². The van der Waals surface area contributed by atoms with Gasteiger partial charge in [0.25, 0.3) is 0 Å². The number of allylic oxidation sites excluding steroid dienone is 3. The van der Waals surface area contributed by atoms with Crippen molar-refractivity contribution in [2.45, 2.75) is 32.6 Å². The monoisotopic (exact) mass is 213 g/mol. The largest absolute Gasteiger partial charge is 0.228 e. The van der Waals surface area contributed by atoms with E-state index in [0.29, 0.717) is 17.4 Å². The number of sulfone groups is 1. The smallest absolute Gasteiger partial charge is 0.161 e. The van der Waals surface area contributed by atoms with E-state index in [4.69, 9.17) is 0 Å². The van der Waals surface area contributed by atoms with Gasteiger partial charge in [-0.2, -0.15) is 0 Å². The van der Waals surface area contributed by atoms with E-state index in [1.807, 2.05) is 12.2 Å². The van der Waals surface area contributed by atoms with Crippen LogP contribution in [0.1, 0.15) is 32.6 Å². The number of hydrogen-bond acceptors (Lipinski definition) is 2. The molecule has 0 heterocycles. The van der Waals surface area contributed by atoms with Crippen LogP contribution in [0, 0.1) is 5.25 Å². The van der Waals surface area contributed by atoms with Crippen molar-refractivity contribution < 1.29 is 8.42 Å². The molecule has 0 unspecified atom stereocenters. The van der Waals surface area contributed by atoms with E-state index < -0.39 is 9.84 Å². The highest BCUT2D eigenvalue weighted by Crippen LogP contribution is 2.22. The molecular formula is C11H17O2S. The lowest BCUT2D eigenvalue weighted by Crippen LogP contribution is -2.15. The molecule has 3 heteroatoms. The first kappa shape index (κ1) is 11.5. The summed E-state index contributed by atoms with van der Waals surface area (Å²) in [6, 6.07) is 0. The molecular weight excluding hydrogens is 196 g/mol. The molecule has 0 aromatic rings. The molecule has 0 saturated heterocycles. The lowest BCUT2D eigenvalue weighted by atomic mass is 10.2. The average molecular weight is 213 g/mol. The number of rotatable bonds is 5. The number of unbranched alkanes of at least 4 members (excludes halogenated alkanes) is 2. The molecule has 0 atom stereocenters. The van der Waals surface area contributed by atoms with Crippen LogP contribution in [0.5, 0.6) is 0 Å². The lowest BCUT2D eigenvalue weighted by molar-refractivity contribution is 0.592. The van der Waals surface area contributed by atoms with Crippen molar-refractivity contribution in [3.05, 3.63) is 29.6 Å². The van der Waals surface area contributed by atoms with Gasteiger partial charge in [-0.1, -0.05) is 44.1 Å². The van der Waals surface area contributed by atoms with Gasteiger partial charge in [-0.05, 0) is 12.8 Å². The SMILES string of the molecule is CCCCCS(=O)(=O)[C]1C=CC=CC1. The van der Waals surface area contributed by atoms with Crippen LogP contribution in [0.3, 0.4) is 0 Å². The van der Waals surface area contributed by atoms with Crippen LogP contribution >= 0.6 is 0 Å². The highest BCUT2D eigenvalue weighted by Gasteiger charge is 2.22. The van der Waals surface area contributed by atoms with E-state index in [0.717, 1.165) is 19.3 Å². The van der Waals surface area contributed by atoms with E-state index in [-0.39, 0.29) is 0 Å². The Labute approximate surface area is 86.6 Å². The Morgan fingerprint density at radius 3 is 2.64 bits per heavy atom. The fourth-order valence-corrected chi connectivity index (χ4v) is 2.88. The quantitative estimate of drug-likeness (QED) is 0.658. The summed E-state index contributed by atoms with van der Waals surface area (Å²) < 4.78 is 23.5. The molecule has 79 valence electrons. The first-order chi connectivity index (χ1) is 6.67. The highest BCUT2D eigenvalue weighted by atomic mass is 32.2. The van der Waals surface area contributed by atoms with Gasteiger partial charge in [0.1, 0.15) is 5.25 Å². The Bertz CT molecular complexity index is 312. The van der Waals surface area contributed by atoms with Gasteiger partial charge in [0.15, 0.2) is 9.84 Å². The Hall–Kier alpha value is -0.570. The third kappa shape index (κ3) is 3.29. The molecule has 1 aliphatic carbocycles. The molecule has 0 N–H and O–H groups in total. The molecule has 0 aromatic heterocycles. The van der Waals surface area contributed by atoms with E-state index in [1.54, 1.807) is 12.2 Å². The molecule has 0 spiro atoms. The highest BCUT2D eigenvalue weighted by molar-refractivity contribution is 7.94. The minimum atomic E-state index is -2.98. The molecule has 0 fully saturated rings. The fourth-order valence-electron chi connectivity index (χ4n) is 1.40. The molecule has 14 heavy (non-hydrogen) atoms. The first-order valence-electron chi connectivity index (χ1n) is 5.08. The third-order valence-electron chi connectivity index (χ3n) is 2.26. The van der Waals surface area contributed by atoms with E-state index in [1.165, 1.54) is 0 Å². The summed E-state index contributed by atoms with van der Waals surface area (Å²) in [5.74, 6) is 0.300. The molecule has 0 aromatic carbocycles. The summed E-state index contributed by atoms with van der Waals surface area (Å²) in [5, 5.41) is 0.566. The average Bonchev–Trinajstić information content (AvgIpc) is 2.19. The normalized spacial score (nSPS) is 17.5. The third-order valence-corrected chi connectivity index (χ3v) is 4.19. The second-order valence-electron chi connectivity index (χ2n) is 3.48. The maximum atomic E-state index is 11.7. The summed E-state index contributed by atoms with van der Waals surface area (Å²) in [6.45, 7) is 2.07. The zero-order valence-electron chi connectivity index (χ0n) is 8.57. The van der Waals surface area contributed by atoms with Crippen molar-refractivity contribution >= 4 is 9.84 Å². The van der Waals surface area contributed by atoms with Gasteiger partial charge in [0.05, 0.1) is 5.75 Å². The summed E-state index contributed by atoms with van der Waals surface area (Å²) >= 11 is 0. The molecule has 0 saturated carbocycles. The molecule has 0 aliphatic heterocycles. The topological polar surface area (TPSA) is 34.1 Å². The predicted octanol–water partition coefficient (Wildman–Crippen LogP) is 2.64. The van der Waals surface area contributed by atoms with E-state index >= 15 is 0 Å². The maximum Gasteiger partial charge on any atom is 0.161 e. The molecule has 0 bridgehead atoms. The van der Waals surface area contributed by atoms with Crippen molar-refractivity contribution in [1.29, 1.82) is 0 Å². The van der Waals surface area contributed by atoms with Gasteiger partial charge < -0.3 is 0 Å². The maximum absolute atomic E-state index is 11.7. The summed E-state index contributed by atoms with van der Waals surface area (Å²) in [5.41, 5.74) is 0. The van der Waals surface area contributed by atoms with Crippen molar-refractivity contribution in [2.24, 2.45) is 0 Å². The lowest BCUT2D eigenvalue weighted by Gasteiger charge is -2.12. The summed E-state index contributed by atoms with van der Waals surface area (Å²) in [6.07, 6.45) is 10.6. The van der Waals surface area contributed by atoms with Gasteiger partial charge in [-0.3, -0.25) is 0 Å². The van der Waals surface area contributed by atoms with Crippen LogP contribution < -0.4 is 0 Å². The zero-order valence-corrected chi connectivity index (χ0v) is 9.39. The molecule has 1 rings (SSSR count). The zero-order chi connectivity index (χ0) is 10.4. The Kier molecular flexibility index (Phi) is 4.39. The Morgan fingerprint density at radius 2 is 2.07 bits per heavy atom. The van der Waals surface area contributed by atoms with Crippen molar-refractivity contribution in [3.63, 3.8) is 0 Å². The Balaban J connectivity index is 2.48. The first-order valence-corrected chi connectivity index (χ1v) is 6.74. The van der Waals surface area contributed by atoms with Gasteiger partial charge in [-0.15, -0.1) is 0 Å². The molecule has 1 radical (unpaired) electrons. The molecule has 2 nitrogen and oxygen atoms in total. The second-order valence-corrected chi connectivity index (χ2v) is 5.65. The van der Waals surface area contributed by atoms with Crippen molar-refractivity contribution in [1.82, 2.24) is 0 Å². The number of hydrogen-bond donors (Lipinski definition) is 0. The van der Waals surface area contributed by atoms with Crippen molar-refractivity contribution in [2.75, 3.05) is 5.75 Å². The van der Waals surface area contributed by atoms with E-state index in [2.05, 4.69) is 6.92 Å². The summed E-state index contributed by atoms with van der Waals surface area (Å²) in [4.78, 5) is 0. The van der Waals surface area contributed by atoms with Gasteiger partial charge in [0.2, 0.25) is 0 Å². The van der Waals surface area contributed by atoms with Crippen LogP contribution in [0.4, 0.5) is 0 Å². The van der Waals surface area contributed by atoms with Crippen LogP contribution in [0.25, 0.3) is 0 Å². The predicted molar refractivity (Wildman–Crippen MR) is 59.5 cm³/mol. The molecule has 1 aliphatic rings. The second kappa shape index (κ2) is 5.35. The standard InChI is InChI=1S/C11H17O2S/c1-2-3-7-10-14(12,13)11-8-5-4-6-9-11/h4-6,8H,2-3,7,9-10H2,1H3.